The molecule has 2 N–H and O–H groups in total. The van der Waals surface area contributed by atoms with Gasteiger partial charge in [0.1, 0.15) is 23.6 Å². The van der Waals surface area contributed by atoms with Gasteiger partial charge in [-0.15, -0.1) is 12.6 Å². The van der Waals surface area contributed by atoms with E-state index in [2.05, 4.69) is 49.9 Å². The molecule has 1 aliphatic heterocycles. The summed E-state index contributed by atoms with van der Waals surface area (Å²) in [7, 11) is 0. The van der Waals surface area contributed by atoms with Crippen molar-refractivity contribution in [1.82, 2.24) is 19.4 Å². The molecule has 2 amide bonds. The Hall–Kier alpha value is -3.58. The van der Waals surface area contributed by atoms with Gasteiger partial charge in [0.05, 0.1) is 22.5 Å². The minimum Gasteiger partial charge on any atom is -0.492 e. The summed E-state index contributed by atoms with van der Waals surface area (Å²) < 4.78 is 20.0. The molecule has 0 bridgehead atoms. The SMILES string of the molecule is CC(C)(C)c1cc(NC(=O)Nc2ccc(-c3cn4c(n3)sc3cc(OCCN5CCOC(S)C5)ccc34)cc2)no1. The van der Waals surface area contributed by atoms with Crippen LogP contribution in [0.1, 0.15) is 26.5 Å². The van der Waals surface area contributed by atoms with Gasteiger partial charge in [0.15, 0.2) is 10.8 Å². The maximum absolute atomic E-state index is 12.4. The first-order chi connectivity index (χ1) is 19.7. The molecule has 0 aliphatic carbocycles. The zero-order valence-electron chi connectivity index (χ0n) is 23.1. The lowest BCUT2D eigenvalue weighted by atomic mass is 9.93. The fraction of sp³-hybridized carbons (Fsp3) is 0.345. The summed E-state index contributed by atoms with van der Waals surface area (Å²) in [6, 6.07) is 15.1. The van der Waals surface area contributed by atoms with Crippen molar-refractivity contribution < 1.29 is 18.8 Å². The summed E-state index contributed by atoms with van der Waals surface area (Å²) in [5.41, 5.74) is 3.34. The maximum atomic E-state index is 12.4. The van der Waals surface area contributed by atoms with E-state index in [1.807, 2.05) is 57.3 Å². The summed E-state index contributed by atoms with van der Waals surface area (Å²) in [5, 5.41) is 9.45. The van der Waals surface area contributed by atoms with Crippen molar-refractivity contribution in [2.75, 3.05) is 43.5 Å². The van der Waals surface area contributed by atoms with Crippen LogP contribution >= 0.6 is 24.0 Å². The number of ether oxygens (including phenoxy) is 2. The second-order valence-corrected chi connectivity index (χ2v) is 12.6. The largest absolute Gasteiger partial charge is 0.492 e. The van der Waals surface area contributed by atoms with Crippen LogP contribution in [0.15, 0.2) is 59.3 Å². The fourth-order valence-electron chi connectivity index (χ4n) is 4.58. The highest BCUT2D eigenvalue weighted by Crippen LogP contribution is 2.32. The standard InChI is InChI=1S/C29H32N6O4S2/c1-29(2,3)24-15-25(33-39-24)32-27(36)30-19-6-4-18(5-7-19)21-16-35-22-9-8-20(14-23(22)41-28(35)31-21)37-12-10-34-11-13-38-26(40)17-34/h4-9,14-16,26,40H,10-13,17H2,1-3H3,(H2,30,32,33,36). The van der Waals surface area contributed by atoms with Crippen LogP contribution in [-0.2, 0) is 10.2 Å². The number of fused-ring (bicyclic) bond motifs is 3. The summed E-state index contributed by atoms with van der Waals surface area (Å²) in [4.78, 5) is 20.5. The quantitative estimate of drug-likeness (QED) is 0.196. The van der Waals surface area contributed by atoms with E-state index in [9.17, 15) is 4.79 Å². The molecule has 5 aromatic rings. The van der Waals surface area contributed by atoms with Gasteiger partial charge in [-0.3, -0.25) is 14.6 Å². The normalized spacial score (nSPS) is 16.3. The van der Waals surface area contributed by atoms with Crippen LogP contribution in [0.3, 0.4) is 0 Å². The lowest BCUT2D eigenvalue weighted by Gasteiger charge is -2.30. The lowest BCUT2D eigenvalue weighted by molar-refractivity contribution is 0.0145. The summed E-state index contributed by atoms with van der Waals surface area (Å²) in [5.74, 6) is 1.92. The zero-order chi connectivity index (χ0) is 28.6. The van der Waals surface area contributed by atoms with Crippen molar-refractivity contribution in [1.29, 1.82) is 0 Å². The number of thiazole rings is 1. The summed E-state index contributed by atoms with van der Waals surface area (Å²) in [6.45, 7) is 9.93. The number of imidazole rings is 1. The number of hydrogen-bond donors (Lipinski definition) is 3. The van der Waals surface area contributed by atoms with E-state index < -0.39 is 6.03 Å². The van der Waals surface area contributed by atoms with Crippen LogP contribution < -0.4 is 15.4 Å². The second-order valence-electron chi connectivity index (χ2n) is 11.0. The van der Waals surface area contributed by atoms with Crippen molar-refractivity contribution in [2.45, 2.75) is 31.6 Å². The van der Waals surface area contributed by atoms with Crippen molar-refractivity contribution in [3.63, 3.8) is 0 Å². The number of nitrogens with zero attached hydrogens (tertiary/aromatic N) is 4. The number of amides is 2. The van der Waals surface area contributed by atoms with Gasteiger partial charge < -0.3 is 19.3 Å². The highest BCUT2D eigenvalue weighted by molar-refractivity contribution is 7.80. The van der Waals surface area contributed by atoms with E-state index in [1.54, 1.807) is 17.4 Å². The molecule has 0 radical (unpaired) electrons. The van der Waals surface area contributed by atoms with E-state index >= 15 is 0 Å². The Balaban J connectivity index is 1.07. The monoisotopic (exact) mass is 592 g/mol. The third kappa shape index (κ3) is 6.35. The number of anilines is 2. The van der Waals surface area contributed by atoms with Gasteiger partial charge in [-0.1, -0.05) is 49.4 Å². The number of morpholine rings is 1. The van der Waals surface area contributed by atoms with Crippen LogP contribution in [0.2, 0.25) is 0 Å². The predicted octanol–water partition coefficient (Wildman–Crippen LogP) is 6.11. The van der Waals surface area contributed by atoms with Crippen LogP contribution in [0.4, 0.5) is 16.3 Å². The molecule has 0 saturated carbocycles. The molecule has 1 unspecified atom stereocenters. The number of hydrogen-bond acceptors (Lipinski definition) is 9. The molecular formula is C29H32N6O4S2. The predicted molar refractivity (Wildman–Crippen MR) is 165 cm³/mol. The third-order valence-corrected chi connectivity index (χ3v) is 8.13. The molecule has 1 aliphatic rings. The van der Waals surface area contributed by atoms with Gasteiger partial charge in [-0.2, -0.15) is 0 Å². The van der Waals surface area contributed by atoms with Gasteiger partial charge in [0, 0.05) is 48.6 Å². The first-order valence-electron chi connectivity index (χ1n) is 13.4. The Morgan fingerprint density at radius 1 is 1.17 bits per heavy atom. The number of urea groups is 1. The maximum Gasteiger partial charge on any atom is 0.324 e. The number of aromatic nitrogens is 3. The fourth-order valence-corrected chi connectivity index (χ4v) is 5.95. The van der Waals surface area contributed by atoms with Crippen LogP contribution in [0.25, 0.3) is 26.4 Å². The van der Waals surface area contributed by atoms with E-state index in [1.165, 1.54) is 0 Å². The highest BCUT2D eigenvalue weighted by Gasteiger charge is 2.20. The average Bonchev–Trinajstić information content (AvgIpc) is 3.64. The molecule has 2 aromatic carbocycles. The minimum absolute atomic E-state index is 0.0262. The first kappa shape index (κ1) is 27.6. The number of carbonyl (C=O) groups is 1. The topological polar surface area (TPSA) is 106 Å². The molecule has 6 rings (SSSR count). The molecule has 1 saturated heterocycles. The van der Waals surface area contributed by atoms with E-state index in [4.69, 9.17) is 19.0 Å². The van der Waals surface area contributed by atoms with E-state index in [0.29, 0.717) is 30.5 Å². The van der Waals surface area contributed by atoms with Crippen LogP contribution in [-0.4, -0.2) is 63.8 Å². The van der Waals surface area contributed by atoms with Crippen molar-refractivity contribution in [2.24, 2.45) is 0 Å². The molecule has 12 heteroatoms. The minimum atomic E-state index is -0.392. The van der Waals surface area contributed by atoms with Crippen molar-refractivity contribution in [3.8, 4) is 17.0 Å². The van der Waals surface area contributed by atoms with E-state index in [-0.39, 0.29) is 10.9 Å². The third-order valence-electron chi connectivity index (χ3n) is 6.80. The number of thiol groups is 1. The van der Waals surface area contributed by atoms with Crippen molar-refractivity contribution in [3.05, 3.63) is 60.5 Å². The van der Waals surface area contributed by atoms with E-state index in [0.717, 1.165) is 51.8 Å². The first-order valence-corrected chi connectivity index (χ1v) is 14.8. The Morgan fingerprint density at radius 3 is 2.76 bits per heavy atom. The molecule has 0 spiro atoms. The van der Waals surface area contributed by atoms with Gasteiger partial charge in [-0.25, -0.2) is 9.78 Å². The van der Waals surface area contributed by atoms with Crippen molar-refractivity contribution >= 4 is 56.7 Å². The molecule has 4 heterocycles. The number of carbonyl (C=O) groups excluding carboxylic acids is 1. The Labute approximate surface area is 247 Å². The van der Waals surface area contributed by atoms with Gasteiger partial charge in [0.25, 0.3) is 0 Å². The number of rotatable bonds is 7. The van der Waals surface area contributed by atoms with Gasteiger partial charge in [-0.05, 0) is 30.3 Å². The number of nitrogens with one attached hydrogen (secondary N) is 2. The van der Waals surface area contributed by atoms with Crippen LogP contribution in [0.5, 0.6) is 5.75 Å². The molecule has 3 aromatic heterocycles. The highest BCUT2D eigenvalue weighted by atomic mass is 32.1. The Bertz CT molecular complexity index is 1670. The molecule has 41 heavy (non-hydrogen) atoms. The van der Waals surface area contributed by atoms with Crippen LogP contribution in [0, 0.1) is 0 Å². The molecule has 1 atom stereocenters. The Kier molecular flexibility index (Phi) is 7.64. The zero-order valence-corrected chi connectivity index (χ0v) is 24.8. The molecule has 10 nitrogen and oxygen atoms in total. The van der Waals surface area contributed by atoms with Gasteiger partial charge in [0.2, 0.25) is 0 Å². The molecular weight excluding hydrogens is 560 g/mol. The smallest absolute Gasteiger partial charge is 0.324 e. The number of benzene rings is 2. The lowest BCUT2D eigenvalue weighted by Crippen LogP contribution is -2.42. The second kappa shape index (κ2) is 11.4. The molecule has 1 fully saturated rings. The Morgan fingerprint density at radius 2 is 2.00 bits per heavy atom. The summed E-state index contributed by atoms with van der Waals surface area (Å²) in [6.07, 6.45) is 2.04. The van der Waals surface area contributed by atoms with Gasteiger partial charge >= 0.3 is 6.03 Å². The average molecular weight is 593 g/mol. The summed E-state index contributed by atoms with van der Waals surface area (Å²) >= 11 is 6.03. The molecule has 214 valence electrons.